The summed E-state index contributed by atoms with van der Waals surface area (Å²) in [6.45, 7) is 12.8. The number of hydrogen-bond donors (Lipinski definition) is 2. The maximum Gasteiger partial charge on any atom is 0.329 e. The third-order valence-electron chi connectivity index (χ3n) is 15.1. The number of carbonyl (C=O) groups excluding carboxylic acids is 5. The van der Waals surface area contributed by atoms with Crippen molar-refractivity contribution in [3.8, 4) is 0 Å². The third-order valence-corrected chi connectivity index (χ3v) is 15.1. The number of Topliss-reactive ketones (excluding diaryl/α,β-unsaturated/α-hetero) is 3. The molecule has 0 spiro atoms. The molecule has 17 heteroatoms. The standard InChI is InChI=1S/C52H79N5O12/c1-31-16-12-11-13-17-32(2)43(65-8)28-39-21-19-37(7)52(64,69-39)49(61)50(62)56-23-15-14-18-41(56)51(63)68-44(34(4)26-38-20-22-40(45(27-38)66-9)57-54-30-53-55-57)29-42(58)33(3)25-36(6)47(60)48(67-10)46(59)35(5)24-31/h11-13,16-17,25,30-31,33-35,37-41,43-45,47-48,60,64H,14-15,18-24,26-29H2,1-10H3/t31-,33-,34-,35+,37-,38+,39+,40+,41+,43+,44+,45-,47-,48+,52-/m1/s1. The second-order valence-electron chi connectivity index (χ2n) is 20.3. The second kappa shape index (κ2) is 25.7. The molecule has 17 nitrogen and oxygen atoms in total. The van der Waals surface area contributed by atoms with E-state index in [-0.39, 0.29) is 60.9 Å². The van der Waals surface area contributed by atoms with Gasteiger partial charge in [0.2, 0.25) is 5.79 Å². The topological polar surface area (TPSA) is 219 Å². The van der Waals surface area contributed by atoms with E-state index in [1.165, 1.54) is 18.3 Å². The highest BCUT2D eigenvalue weighted by Crippen LogP contribution is 2.39. The van der Waals surface area contributed by atoms with Crippen LogP contribution in [0.3, 0.4) is 0 Å². The summed E-state index contributed by atoms with van der Waals surface area (Å²) in [7, 11) is 4.61. The van der Waals surface area contributed by atoms with Crippen LogP contribution in [0.25, 0.3) is 0 Å². The number of aromatic nitrogens is 4. The number of amides is 1. The molecule has 5 rings (SSSR count). The van der Waals surface area contributed by atoms with Gasteiger partial charge < -0.3 is 38.8 Å². The zero-order chi connectivity index (χ0) is 50.6. The number of tetrazole rings is 1. The molecule has 4 aliphatic rings. The molecule has 1 aromatic rings. The van der Waals surface area contributed by atoms with E-state index < -0.39 is 77.8 Å². The number of allylic oxidation sites excluding steroid dienone is 6. The molecule has 1 aromatic heterocycles. The zero-order valence-electron chi connectivity index (χ0n) is 42.5. The highest BCUT2D eigenvalue weighted by atomic mass is 16.6. The van der Waals surface area contributed by atoms with Crippen molar-refractivity contribution in [1.82, 2.24) is 25.1 Å². The number of aliphatic hydroxyl groups is 2. The monoisotopic (exact) mass is 966 g/mol. The van der Waals surface area contributed by atoms with Crippen LogP contribution < -0.4 is 0 Å². The number of aliphatic hydroxyl groups excluding tert-OH is 1. The van der Waals surface area contributed by atoms with Crippen LogP contribution in [0.1, 0.15) is 132 Å². The number of hydrogen-bond acceptors (Lipinski definition) is 15. The Kier molecular flexibility index (Phi) is 20.8. The van der Waals surface area contributed by atoms with Crippen LogP contribution in [0.2, 0.25) is 0 Å². The molecule has 4 heterocycles. The number of fused-ring (bicyclic) bond motifs is 3. The number of esters is 1. The number of nitrogens with zero attached hydrogens (tertiary/aromatic N) is 5. The minimum absolute atomic E-state index is 0.0168. The van der Waals surface area contributed by atoms with Gasteiger partial charge in [-0.2, -0.15) is 4.80 Å². The van der Waals surface area contributed by atoms with Gasteiger partial charge in [-0.1, -0.05) is 71.1 Å². The van der Waals surface area contributed by atoms with Crippen molar-refractivity contribution in [3.05, 3.63) is 53.9 Å². The van der Waals surface area contributed by atoms with Gasteiger partial charge in [0.1, 0.15) is 30.1 Å². The Hall–Kier alpha value is -4.26. The summed E-state index contributed by atoms with van der Waals surface area (Å²) in [5.41, 5.74) is 1.27. The second-order valence-corrected chi connectivity index (χ2v) is 20.3. The Morgan fingerprint density at radius 3 is 2.32 bits per heavy atom. The van der Waals surface area contributed by atoms with Gasteiger partial charge in [0.15, 0.2) is 12.1 Å². The molecule has 3 aliphatic heterocycles. The summed E-state index contributed by atoms with van der Waals surface area (Å²) in [6.07, 6.45) is 13.7. The molecular formula is C52H79N5O12. The number of carbonyl (C=O) groups is 5. The van der Waals surface area contributed by atoms with Crippen LogP contribution >= 0.6 is 0 Å². The Bertz CT molecular complexity index is 2020. The van der Waals surface area contributed by atoms with Gasteiger partial charge >= 0.3 is 5.97 Å². The summed E-state index contributed by atoms with van der Waals surface area (Å²) < 4.78 is 29.9. The quantitative estimate of drug-likeness (QED) is 0.181. The SMILES string of the molecule is CO[C@H]1C[C@@H]2CC[C@@H](C)[C@@](O)(O2)C(=O)C(=O)N2CCCC[C@H]2C(=O)O[C@H]([C@H](C)C[C@@H]2CC[C@H](n3ncnn3)[C@H](OC)C2)CC(=O)[C@H](C)C=C(C)[C@@H](O)[C@@H](OC)C(=O)[C@@H](C)C[C@H](C)C=CC=CC=C1C. The molecule has 0 radical (unpaired) electrons. The van der Waals surface area contributed by atoms with Gasteiger partial charge in [-0.15, -0.1) is 10.2 Å². The molecule has 0 unspecified atom stereocenters. The number of piperidine rings is 1. The Labute approximate surface area is 408 Å². The molecule has 1 aliphatic carbocycles. The smallest absolute Gasteiger partial charge is 0.329 e. The first-order valence-corrected chi connectivity index (χ1v) is 25.0. The first-order valence-electron chi connectivity index (χ1n) is 25.0. The van der Waals surface area contributed by atoms with Gasteiger partial charge in [0.05, 0.1) is 24.4 Å². The van der Waals surface area contributed by atoms with Crippen molar-refractivity contribution < 1.29 is 57.9 Å². The summed E-state index contributed by atoms with van der Waals surface area (Å²) in [5.74, 6) is -7.94. The van der Waals surface area contributed by atoms with Crippen LogP contribution in [0.15, 0.2) is 53.9 Å². The van der Waals surface area contributed by atoms with Crippen LogP contribution in [-0.4, -0.2) is 141 Å². The summed E-state index contributed by atoms with van der Waals surface area (Å²) >= 11 is 0. The van der Waals surface area contributed by atoms with Gasteiger partial charge in [0.25, 0.3) is 11.7 Å². The molecule has 69 heavy (non-hydrogen) atoms. The lowest BCUT2D eigenvalue weighted by atomic mass is 9.77. The van der Waals surface area contributed by atoms with Gasteiger partial charge in [-0.25, -0.2) is 4.79 Å². The lowest BCUT2D eigenvalue weighted by Crippen LogP contribution is -2.61. The molecule has 2 bridgehead atoms. The summed E-state index contributed by atoms with van der Waals surface area (Å²) in [6, 6.07) is -1.24. The van der Waals surface area contributed by atoms with Gasteiger partial charge in [0, 0.05) is 58.5 Å². The van der Waals surface area contributed by atoms with Gasteiger partial charge in [-0.3, -0.25) is 19.2 Å². The molecule has 3 fully saturated rings. The highest BCUT2D eigenvalue weighted by Gasteiger charge is 2.53. The molecule has 15 atom stereocenters. The normalized spacial score (nSPS) is 36.3. The number of ketones is 3. The molecule has 0 aromatic carbocycles. The fraction of sp³-hybridized carbons (Fsp3) is 0.731. The minimum Gasteiger partial charge on any atom is -0.460 e. The van der Waals surface area contributed by atoms with E-state index in [2.05, 4.69) is 15.4 Å². The number of methoxy groups -OCH3 is 3. The van der Waals surface area contributed by atoms with Crippen LogP contribution in [0, 0.1) is 35.5 Å². The Morgan fingerprint density at radius 1 is 0.884 bits per heavy atom. The van der Waals surface area contributed by atoms with E-state index in [9.17, 15) is 34.2 Å². The molecule has 1 saturated carbocycles. The van der Waals surface area contributed by atoms with Crippen molar-refractivity contribution in [2.45, 2.75) is 180 Å². The number of ether oxygens (including phenoxy) is 5. The third kappa shape index (κ3) is 14.2. The highest BCUT2D eigenvalue weighted by molar-refractivity contribution is 6.39. The maximum atomic E-state index is 14.5. The molecular weight excluding hydrogens is 887 g/mol. The van der Waals surface area contributed by atoms with Crippen LogP contribution in [-0.2, 0) is 47.7 Å². The summed E-state index contributed by atoms with van der Waals surface area (Å²) in [5, 5.41) is 35.7. The van der Waals surface area contributed by atoms with Gasteiger partial charge in [-0.05, 0) is 112 Å². The zero-order valence-corrected chi connectivity index (χ0v) is 42.5. The lowest BCUT2D eigenvalue weighted by Gasteiger charge is -2.42. The van der Waals surface area contributed by atoms with Crippen molar-refractivity contribution in [2.24, 2.45) is 35.5 Å². The van der Waals surface area contributed by atoms with E-state index in [1.807, 2.05) is 58.1 Å². The largest absolute Gasteiger partial charge is 0.460 e. The van der Waals surface area contributed by atoms with E-state index in [1.54, 1.807) is 45.9 Å². The van der Waals surface area contributed by atoms with Crippen molar-refractivity contribution in [3.63, 3.8) is 0 Å². The van der Waals surface area contributed by atoms with E-state index in [4.69, 9.17) is 23.7 Å². The Morgan fingerprint density at radius 2 is 1.64 bits per heavy atom. The van der Waals surface area contributed by atoms with Crippen LogP contribution in [0.5, 0.6) is 0 Å². The first kappa shape index (κ1) is 55.7. The molecule has 2 N–H and O–H groups in total. The fourth-order valence-electron chi connectivity index (χ4n) is 10.7. The van der Waals surface area contributed by atoms with Crippen molar-refractivity contribution in [1.29, 1.82) is 0 Å². The predicted octanol–water partition coefficient (Wildman–Crippen LogP) is 6.05. The molecule has 2 saturated heterocycles. The first-order chi connectivity index (χ1) is 32.8. The average molecular weight is 966 g/mol. The van der Waals surface area contributed by atoms with Crippen molar-refractivity contribution in [2.75, 3.05) is 27.9 Å². The molecule has 1 amide bonds. The average Bonchev–Trinajstić information content (AvgIpc) is 3.88. The fourth-order valence-corrected chi connectivity index (χ4v) is 10.7. The number of rotatable bonds is 7. The van der Waals surface area contributed by atoms with E-state index >= 15 is 0 Å². The van der Waals surface area contributed by atoms with Crippen LogP contribution in [0.4, 0.5) is 0 Å². The van der Waals surface area contributed by atoms with Crippen molar-refractivity contribution >= 4 is 29.2 Å². The van der Waals surface area contributed by atoms with E-state index in [0.717, 1.165) is 18.4 Å². The predicted molar refractivity (Wildman–Crippen MR) is 256 cm³/mol. The molecule has 384 valence electrons. The number of cyclic esters (lactones) is 1. The Balaban J connectivity index is 1.46. The minimum atomic E-state index is -2.43. The lowest BCUT2D eigenvalue weighted by molar-refractivity contribution is -0.265. The maximum absolute atomic E-state index is 14.5. The van der Waals surface area contributed by atoms with E-state index in [0.29, 0.717) is 56.9 Å². The summed E-state index contributed by atoms with van der Waals surface area (Å²) in [4.78, 5) is 73.9.